The van der Waals surface area contributed by atoms with Crippen LogP contribution in [0.1, 0.15) is 47.1 Å². The summed E-state index contributed by atoms with van der Waals surface area (Å²) >= 11 is 0. The van der Waals surface area contributed by atoms with E-state index >= 15 is 0 Å². The van der Waals surface area contributed by atoms with Crippen molar-refractivity contribution in [3.05, 3.63) is 58.1 Å². The number of rotatable bonds is 7. The summed E-state index contributed by atoms with van der Waals surface area (Å²) in [5, 5.41) is 0. The van der Waals surface area contributed by atoms with Crippen molar-refractivity contribution >= 4 is 5.97 Å². The number of methoxy groups -OCH3 is 2. The Morgan fingerprint density at radius 2 is 1.58 bits per heavy atom. The normalized spacial score (nSPS) is 11.8. The molecule has 0 aliphatic heterocycles. The van der Waals surface area contributed by atoms with Crippen LogP contribution >= 0.6 is 0 Å². The van der Waals surface area contributed by atoms with Gasteiger partial charge in [0.1, 0.15) is 11.5 Å². The monoisotopic (exact) mass is 356 g/mol. The van der Waals surface area contributed by atoms with Gasteiger partial charge in [-0.1, -0.05) is 18.2 Å². The summed E-state index contributed by atoms with van der Waals surface area (Å²) in [6.45, 7) is 8.30. The Morgan fingerprint density at radius 3 is 2.15 bits per heavy atom. The Balaban J connectivity index is 2.52. The lowest BCUT2D eigenvalue weighted by atomic mass is 9.86. The quantitative estimate of drug-likeness (QED) is 0.674. The molecule has 0 aromatic heterocycles. The maximum Gasteiger partial charge on any atom is 0.306 e. The van der Waals surface area contributed by atoms with Crippen LogP contribution in [0.15, 0.2) is 30.3 Å². The van der Waals surface area contributed by atoms with E-state index in [1.54, 1.807) is 14.2 Å². The van der Waals surface area contributed by atoms with Crippen LogP contribution in [-0.4, -0.2) is 26.8 Å². The first kappa shape index (κ1) is 19.8. The fraction of sp³-hybridized carbons (Fsp3) is 0.409. The highest BCUT2D eigenvalue weighted by atomic mass is 16.5. The summed E-state index contributed by atoms with van der Waals surface area (Å²) in [5.74, 6) is 1.36. The summed E-state index contributed by atoms with van der Waals surface area (Å²) in [6, 6.07) is 10.2. The van der Waals surface area contributed by atoms with E-state index < -0.39 is 0 Å². The zero-order valence-corrected chi connectivity index (χ0v) is 16.5. The van der Waals surface area contributed by atoms with E-state index in [9.17, 15) is 4.79 Å². The van der Waals surface area contributed by atoms with Crippen LogP contribution in [0.2, 0.25) is 0 Å². The predicted molar refractivity (Wildman–Crippen MR) is 103 cm³/mol. The molecule has 4 heteroatoms. The van der Waals surface area contributed by atoms with Gasteiger partial charge in [0.2, 0.25) is 0 Å². The third-order valence-corrected chi connectivity index (χ3v) is 4.76. The molecule has 0 fully saturated rings. The molecule has 0 heterocycles. The average molecular weight is 356 g/mol. The smallest absolute Gasteiger partial charge is 0.306 e. The molecule has 26 heavy (non-hydrogen) atoms. The lowest BCUT2D eigenvalue weighted by molar-refractivity contribution is -0.143. The van der Waals surface area contributed by atoms with Gasteiger partial charge < -0.3 is 14.2 Å². The van der Waals surface area contributed by atoms with Crippen LogP contribution in [0.5, 0.6) is 11.5 Å². The van der Waals surface area contributed by atoms with Crippen molar-refractivity contribution in [1.29, 1.82) is 0 Å². The summed E-state index contributed by atoms with van der Waals surface area (Å²) in [5.41, 5.74) is 5.38. The first-order valence-electron chi connectivity index (χ1n) is 8.86. The minimum absolute atomic E-state index is 0.105. The van der Waals surface area contributed by atoms with Crippen molar-refractivity contribution in [1.82, 2.24) is 0 Å². The first-order chi connectivity index (χ1) is 12.4. The van der Waals surface area contributed by atoms with Crippen LogP contribution in [0, 0.1) is 20.8 Å². The van der Waals surface area contributed by atoms with Gasteiger partial charge in [0.15, 0.2) is 0 Å². The Kier molecular flexibility index (Phi) is 6.67. The number of esters is 1. The SMILES string of the molecule is CCOC(=O)CC(c1ccc(OC)c(C)c1)c1cc(C)c(C)c(OC)c1. The highest BCUT2D eigenvalue weighted by molar-refractivity contribution is 5.71. The molecule has 0 aliphatic rings. The van der Waals surface area contributed by atoms with Gasteiger partial charge >= 0.3 is 5.97 Å². The Bertz CT molecular complexity index is 780. The third-order valence-electron chi connectivity index (χ3n) is 4.76. The van der Waals surface area contributed by atoms with E-state index in [1.165, 1.54) is 0 Å². The number of benzene rings is 2. The second-order valence-electron chi connectivity index (χ2n) is 6.46. The Morgan fingerprint density at radius 1 is 0.923 bits per heavy atom. The zero-order valence-electron chi connectivity index (χ0n) is 16.5. The number of hydrogen-bond donors (Lipinski definition) is 0. The van der Waals surface area contributed by atoms with Gasteiger partial charge in [0.05, 0.1) is 27.2 Å². The highest BCUT2D eigenvalue weighted by Crippen LogP contribution is 2.35. The van der Waals surface area contributed by atoms with Gasteiger partial charge in [-0.15, -0.1) is 0 Å². The molecule has 1 unspecified atom stereocenters. The van der Waals surface area contributed by atoms with Crippen LogP contribution < -0.4 is 9.47 Å². The largest absolute Gasteiger partial charge is 0.496 e. The maximum absolute atomic E-state index is 12.2. The molecule has 0 radical (unpaired) electrons. The minimum atomic E-state index is -0.205. The van der Waals surface area contributed by atoms with Crippen molar-refractivity contribution < 1.29 is 19.0 Å². The van der Waals surface area contributed by atoms with E-state index in [0.29, 0.717) is 6.61 Å². The molecule has 2 aromatic rings. The lowest BCUT2D eigenvalue weighted by Crippen LogP contribution is -2.12. The molecule has 2 rings (SSSR count). The number of aryl methyl sites for hydroxylation is 2. The number of ether oxygens (including phenoxy) is 3. The molecule has 0 spiro atoms. The van der Waals surface area contributed by atoms with E-state index in [2.05, 4.69) is 19.1 Å². The number of carbonyl (C=O) groups excluding carboxylic acids is 1. The zero-order chi connectivity index (χ0) is 19.3. The Hall–Kier alpha value is -2.49. The van der Waals surface area contributed by atoms with Crippen molar-refractivity contribution in [2.24, 2.45) is 0 Å². The summed E-state index contributed by atoms with van der Waals surface area (Å²) in [7, 11) is 3.33. The summed E-state index contributed by atoms with van der Waals surface area (Å²) in [4.78, 5) is 12.2. The molecule has 1 atom stereocenters. The van der Waals surface area contributed by atoms with Crippen LogP contribution in [0.4, 0.5) is 0 Å². The van der Waals surface area contributed by atoms with E-state index in [4.69, 9.17) is 14.2 Å². The lowest BCUT2D eigenvalue weighted by Gasteiger charge is -2.21. The fourth-order valence-corrected chi connectivity index (χ4v) is 3.20. The molecular formula is C22H28O4. The molecular weight excluding hydrogens is 328 g/mol. The molecule has 140 valence electrons. The summed E-state index contributed by atoms with van der Waals surface area (Å²) in [6.07, 6.45) is 0.283. The van der Waals surface area contributed by atoms with E-state index in [0.717, 1.165) is 39.3 Å². The topological polar surface area (TPSA) is 44.8 Å². The second kappa shape index (κ2) is 8.75. The highest BCUT2D eigenvalue weighted by Gasteiger charge is 2.22. The predicted octanol–water partition coefficient (Wildman–Crippen LogP) is 4.71. The van der Waals surface area contributed by atoms with Crippen LogP contribution in [0.25, 0.3) is 0 Å². The number of hydrogen-bond acceptors (Lipinski definition) is 4. The van der Waals surface area contributed by atoms with Gasteiger partial charge in [-0.3, -0.25) is 4.79 Å². The molecule has 0 saturated carbocycles. The fourth-order valence-electron chi connectivity index (χ4n) is 3.20. The van der Waals surface area contributed by atoms with Gasteiger partial charge in [0.25, 0.3) is 0 Å². The maximum atomic E-state index is 12.2. The molecule has 0 amide bonds. The molecule has 0 N–H and O–H groups in total. The summed E-state index contributed by atoms with van der Waals surface area (Å²) < 4.78 is 16.1. The average Bonchev–Trinajstić information content (AvgIpc) is 2.62. The van der Waals surface area contributed by atoms with Gasteiger partial charge in [-0.25, -0.2) is 0 Å². The number of carbonyl (C=O) groups is 1. The van der Waals surface area contributed by atoms with Gasteiger partial charge in [-0.2, -0.15) is 0 Å². The van der Waals surface area contributed by atoms with Crippen molar-refractivity contribution in [2.45, 2.75) is 40.0 Å². The first-order valence-corrected chi connectivity index (χ1v) is 8.86. The van der Waals surface area contributed by atoms with Crippen molar-refractivity contribution in [3.63, 3.8) is 0 Å². The standard InChI is InChI=1S/C22H28O4/c1-7-26-22(23)13-19(17-8-9-20(24-5)15(3)11-17)18-10-14(2)16(4)21(12-18)25-6/h8-12,19H,7,13H2,1-6H3. The van der Waals surface area contributed by atoms with Gasteiger partial charge in [0, 0.05) is 5.92 Å². The van der Waals surface area contributed by atoms with E-state index in [-0.39, 0.29) is 18.3 Å². The van der Waals surface area contributed by atoms with Crippen molar-refractivity contribution in [3.8, 4) is 11.5 Å². The van der Waals surface area contributed by atoms with Gasteiger partial charge in [-0.05, 0) is 67.6 Å². The molecule has 2 aromatic carbocycles. The Labute approximate surface area is 156 Å². The minimum Gasteiger partial charge on any atom is -0.496 e. The molecule has 0 bridgehead atoms. The second-order valence-corrected chi connectivity index (χ2v) is 6.46. The third kappa shape index (κ3) is 4.37. The van der Waals surface area contributed by atoms with E-state index in [1.807, 2.05) is 39.0 Å². The van der Waals surface area contributed by atoms with Crippen LogP contribution in [0.3, 0.4) is 0 Å². The molecule has 0 saturated heterocycles. The molecule has 4 nitrogen and oxygen atoms in total. The molecule has 0 aliphatic carbocycles. The van der Waals surface area contributed by atoms with Crippen molar-refractivity contribution in [2.75, 3.05) is 20.8 Å². The van der Waals surface area contributed by atoms with Crippen LogP contribution in [-0.2, 0) is 9.53 Å².